The summed E-state index contributed by atoms with van der Waals surface area (Å²) in [5.74, 6) is -4.45. The van der Waals surface area contributed by atoms with Crippen molar-refractivity contribution in [3.05, 3.63) is 114 Å². The van der Waals surface area contributed by atoms with Crippen LogP contribution in [0.5, 0.6) is 0 Å². The van der Waals surface area contributed by atoms with E-state index >= 15 is 0 Å². The smallest absolute Gasteiger partial charge is 0.181 e. The predicted octanol–water partition coefficient (Wildman–Crippen LogP) is 5.03. The summed E-state index contributed by atoms with van der Waals surface area (Å²) in [7, 11) is 0. The minimum atomic E-state index is -1.42. The van der Waals surface area contributed by atoms with Gasteiger partial charge in [-0.25, -0.2) is 18.7 Å². The average molecular weight is 471 g/mol. The molecule has 2 aromatic heterocycles. The van der Waals surface area contributed by atoms with Crippen LogP contribution >= 0.6 is 0 Å². The summed E-state index contributed by atoms with van der Waals surface area (Å²) < 4.78 is 27.8. The fourth-order valence-corrected chi connectivity index (χ4v) is 3.87. The van der Waals surface area contributed by atoms with Gasteiger partial charge in [-0.15, -0.1) is 0 Å². The van der Waals surface area contributed by atoms with E-state index in [2.05, 4.69) is 25.3 Å². The van der Waals surface area contributed by atoms with Gasteiger partial charge in [0.05, 0.1) is 29.6 Å². The molecule has 5 aromatic rings. The zero-order chi connectivity index (χ0) is 24.4. The van der Waals surface area contributed by atoms with Crippen LogP contribution in [0.25, 0.3) is 11.0 Å². The number of Topliss-reactive ketones (excluding diaryl/α,β-unsaturated/α-hetero) is 2. The van der Waals surface area contributed by atoms with Crippen LogP contribution in [0.1, 0.15) is 38.2 Å². The molecule has 1 atom stereocenters. The molecular weight excluding hydrogens is 452 g/mol. The number of carbonyl (C=O) groups excluding carboxylic acids is 2. The first-order chi connectivity index (χ1) is 17.0. The van der Waals surface area contributed by atoms with E-state index in [1.54, 1.807) is 61.1 Å². The van der Waals surface area contributed by atoms with Crippen LogP contribution in [-0.4, -0.2) is 31.5 Å². The molecule has 0 radical (unpaired) electrons. The molecule has 0 fully saturated rings. The molecule has 0 amide bonds. The fraction of sp³-hybridized carbons (Fsp3) is 0.0769. The van der Waals surface area contributed by atoms with Crippen molar-refractivity contribution in [2.45, 2.75) is 12.5 Å². The van der Waals surface area contributed by atoms with Gasteiger partial charge in [0.2, 0.25) is 0 Å². The maximum Gasteiger partial charge on any atom is 0.181 e. The number of hydrogen-bond acceptors (Lipinski definition) is 5. The maximum absolute atomic E-state index is 13.9. The normalized spacial score (nSPS) is 11.9. The molecule has 35 heavy (non-hydrogen) atoms. The number of nitrogens with zero attached hydrogens (tertiary/aromatic N) is 2. The molecule has 0 aliphatic rings. The van der Waals surface area contributed by atoms with E-state index in [0.29, 0.717) is 29.3 Å². The van der Waals surface area contributed by atoms with Crippen molar-refractivity contribution < 1.29 is 18.4 Å². The summed E-state index contributed by atoms with van der Waals surface area (Å²) in [4.78, 5) is 41.5. The molecule has 0 bridgehead atoms. The maximum atomic E-state index is 13.9. The van der Waals surface area contributed by atoms with E-state index < -0.39 is 29.1 Å². The number of fused-ring (bicyclic) bond motifs is 1. The van der Waals surface area contributed by atoms with Crippen LogP contribution in [-0.2, 0) is 6.54 Å². The largest absolute Gasteiger partial charge is 0.379 e. The van der Waals surface area contributed by atoms with Gasteiger partial charge in [-0.1, -0.05) is 24.3 Å². The number of H-pyrrole nitrogens is 2. The van der Waals surface area contributed by atoms with Crippen molar-refractivity contribution in [1.29, 1.82) is 0 Å². The van der Waals surface area contributed by atoms with Gasteiger partial charge in [-0.2, -0.15) is 0 Å². The summed E-state index contributed by atoms with van der Waals surface area (Å²) in [5.41, 5.74) is 2.69. The van der Waals surface area contributed by atoms with E-state index in [1.807, 2.05) is 0 Å². The monoisotopic (exact) mass is 471 g/mol. The lowest BCUT2D eigenvalue weighted by Crippen LogP contribution is -2.24. The Balaban J connectivity index is 1.52. The zero-order valence-corrected chi connectivity index (χ0v) is 18.3. The fourth-order valence-electron chi connectivity index (χ4n) is 3.87. The number of rotatable bonds is 8. The number of nitrogens with one attached hydrogen (secondary N) is 3. The summed E-state index contributed by atoms with van der Waals surface area (Å²) in [6, 6.07) is 16.2. The number of benzene rings is 3. The molecule has 0 aliphatic carbocycles. The Morgan fingerprint density at radius 3 is 2.43 bits per heavy atom. The first-order valence-corrected chi connectivity index (χ1v) is 10.8. The molecule has 0 spiro atoms. The molecule has 174 valence electrons. The number of ketones is 2. The second-order valence-corrected chi connectivity index (χ2v) is 7.97. The van der Waals surface area contributed by atoms with Crippen molar-refractivity contribution in [3.8, 4) is 0 Å². The summed E-state index contributed by atoms with van der Waals surface area (Å²) >= 11 is 0. The summed E-state index contributed by atoms with van der Waals surface area (Å²) in [6.07, 6.45) is 3.24. The quantitative estimate of drug-likeness (QED) is 0.218. The zero-order valence-electron chi connectivity index (χ0n) is 18.3. The lowest BCUT2D eigenvalue weighted by atomic mass is 9.89. The minimum Gasteiger partial charge on any atom is -0.379 e. The van der Waals surface area contributed by atoms with Crippen molar-refractivity contribution >= 4 is 28.3 Å². The first kappa shape index (κ1) is 22.1. The number of aromatic nitrogens is 4. The lowest BCUT2D eigenvalue weighted by Gasteiger charge is -2.14. The highest BCUT2D eigenvalue weighted by Gasteiger charge is 2.33. The summed E-state index contributed by atoms with van der Waals surface area (Å²) in [5, 5.41) is 3.19. The van der Waals surface area contributed by atoms with Gasteiger partial charge in [0.25, 0.3) is 0 Å². The SMILES string of the molecule is O=C(c1cc(F)cc(F)c1)C(C(=O)c1cccc(NCc2cnc[nH]2)c1)c1nc2ccccc2[nH]1. The van der Waals surface area contributed by atoms with E-state index in [4.69, 9.17) is 0 Å². The van der Waals surface area contributed by atoms with Gasteiger partial charge >= 0.3 is 0 Å². The molecule has 9 heteroatoms. The molecule has 3 aromatic carbocycles. The van der Waals surface area contributed by atoms with Crippen LogP contribution in [0, 0.1) is 11.6 Å². The Morgan fingerprint density at radius 1 is 0.914 bits per heavy atom. The Bertz CT molecular complexity index is 1470. The standard InChI is InChI=1S/C26H19F2N5O2/c27-17-8-16(9-18(28)11-17)25(35)23(26-32-21-6-1-2-7-22(21)33-26)24(34)15-4-3-5-19(10-15)30-13-20-12-29-14-31-20/h1-12,14,23,30H,13H2,(H,29,31)(H,32,33). The molecule has 7 nitrogen and oxygen atoms in total. The molecular formula is C26H19F2N5O2. The van der Waals surface area contributed by atoms with E-state index in [0.717, 1.165) is 17.8 Å². The van der Waals surface area contributed by atoms with Crippen molar-refractivity contribution in [2.24, 2.45) is 0 Å². The lowest BCUT2D eigenvalue weighted by molar-refractivity contribution is 0.0855. The van der Waals surface area contributed by atoms with Crippen molar-refractivity contribution in [2.75, 3.05) is 5.32 Å². The van der Waals surface area contributed by atoms with Gasteiger partial charge in [0.15, 0.2) is 11.6 Å². The molecule has 5 rings (SSSR count). The first-order valence-electron chi connectivity index (χ1n) is 10.8. The third-order valence-corrected chi connectivity index (χ3v) is 5.54. The van der Waals surface area contributed by atoms with Crippen LogP contribution in [0.3, 0.4) is 0 Å². The van der Waals surface area contributed by atoms with Crippen LogP contribution in [0.4, 0.5) is 14.5 Å². The topological polar surface area (TPSA) is 104 Å². The van der Waals surface area contributed by atoms with Gasteiger partial charge in [0.1, 0.15) is 23.4 Å². The Kier molecular flexibility index (Phi) is 5.88. The number of carbonyl (C=O) groups is 2. The van der Waals surface area contributed by atoms with Crippen LogP contribution in [0.2, 0.25) is 0 Å². The minimum absolute atomic E-state index is 0.0988. The Hall–Kier alpha value is -4.66. The second kappa shape index (κ2) is 9.30. The van der Waals surface area contributed by atoms with E-state index in [9.17, 15) is 18.4 Å². The van der Waals surface area contributed by atoms with Crippen molar-refractivity contribution in [3.63, 3.8) is 0 Å². The van der Waals surface area contributed by atoms with Crippen LogP contribution < -0.4 is 5.32 Å². The van der Waals surface area contributed by atoms with E-state index in [-0.39, 0.29) is 17.0 Å². The third kappa shape index (κ3) is 4.70. The Labute approximate surface area is 198 Å². The number of halogens is 2. The molecule has 0 aliphatic heterocycles. The van der Waals surface area contributed by atoms with Crippen LogP contribution in [0.15, 0.2) is 79.3 Å². The van der Waals surface area contributed by atoms with E-state index in [1.165, 1.54) is 0 Å². The number of imidazole rings is 2. The predicted molar refractivity (Wildman–Crippen MR) is 126 cm³/mol. The number of anilines is 1. The highest BCUT2D eigenvalue weighted by molar-refractivity contribution is 6.20. The van der Waals surface area contributed by atoms with Crippen molar-refractivity contribution in [1.82, 2.24) is 19.9 Å². The van der Waals surface area contributed by atoms with Gasteiger partial charge < -0.3 is 15.3 Å². The molecule has 0 saturated carbocycles. The Morgan fingerprint density at radius 2 is 1.69 bits per heavy atom. The third-order valence-electron chi connectivity index (χ3n) is 5.54. The number of hydrogen-bond donors (Lipinski definition) is 3. The second-order valence-electron chi connectivity index (χ2n) is 7.97. The highest BCUT2D eigenvalue weighted by atomic mass is 19.1. The molecule has 1 unspecified atom stereocenters. The number of aromatic amines is 2. The number of para-hydroxylation sites is 2. The van der Waals surface area contributed by atoms with Gasteiger partial charge in [0, 0.05) is 29.1 Å². The summed E-state index contributed by atoms with van der Waals surface area (Å²) in [6.45, 7) is 0.451. The average Bonchev–Trinajstić information content (AvgIpc) is 3.52. The molecule has 0 saturated heterocycles. The van der Waals surface area contributed by atoms with Gasteiger partial charge in [-0.3, -0.25) is 9.59 Å². The molecule has 3 N–H and O–H groups in total. The molecule has 2 heterocycles. The van der Waals surface area contributed by atoms with Gasteiger partial charge in [-0.05, 0) is 36.4 Å². The highest BCUT2D eigenvalue weighted by Crippen LogP contribution is 2.27.